The number of nitrogens with one attached hydrogen (secondary N) is 1. The summed E-state index contributed by atoms with van der Waals surface area (Å²) in [6.45, 7) is 4.40. The van der Waals surface area contributed by atoms with Gasteiger partial charge in [-0.05, 0) is 26.0 Å². The van der Waals surface area contributed by atoms with E-state index in [4.69, 9.17) is 9.84 Å². The maximum Gasteiger partial charge on any atom is 0.242 e. The van der Waals surface area contributed by atoms with Gasteiger partial charge in [0.15, 0.2) is 0 Å². The smallest absolute Gasteiger partial charge is 0.242 e. The lowest BCUT2D eigenvalue weighted by Gasteiger charge is -2.14. The molecule has 0 heterocycles. The highest BCUT2D eigenvalue weighted by molar-refractivity contribution is 7.89. The third-order valence-electron chi connectivity index (χ3n) is 2.56. The Morgan fingerprint density at radius 3 is 2.76 bits per heavy atom. The number of sulfonamides is 1. The zero-order chi connectivity index (χ0) is 15.7. The third kappa shape index (κ3) is 5.86. The van der Waals surface area contributed by atoms with Gasteiger partial charge in [0, 0.05) is 24.6 Å². The van der Waals surface area contributed by atoms with Gasteiger partial charge in [0.25, 0.3) is 0 Å². The predicted octanol–water partition coefficient (Wildman–Crippen LogP) is 1.12. The van der Waals surface area contributed by atoms with Crippen LogP contribution in [-0.4, -0.2) is 39.4 Å². The van der Waals surface area contributed by atoms with Crippen LogP contribution in [-0.2, 0) is 14.8 Å². The number of aliphatic hydroxyl groups is 1. The van der Waals surface area contributed by atoms with Gasteiger partial charge < -0.3 is 9.84 Å². The van der Waals surface area contributed by atoms with Gasteiger partial charge in [-0.2, -0.15) is 0 Å². The maximum absolute atomic E-state index is 12.4. The van der Waals surface area contributed by atoms with Gasteiger partial charge in [-0.15, -0.1) is 0 Å². The van der Waals surface area contributed by atoms with Crippen LogP contribution in [0.15, 0.2) is 29.2 Å². The molecular formula is C15H21NO4S. The van der Waals surface area contributed by atoms with Gasteiger partial charge in [0.05, 0.1) is 18.1 Å². The Balaban J connectivity index is 2.96. The SMILES string of the molecule is CCOCC(C)NS(=O)(=O)c1ccccc1C#CCCO. The van der Waals surface area contributed by atoms with Crippen LogP contribution in [0.1, 0.15) is 25.8 Å². The number of ether oxygens (including phenoxy) is 1. The molecule has 1 rings (SSSR count). The van der Waals surface area contributed by atoms with E-state index < -0.39 is 10.0 Å². The zero-order valence-corrected chi connectivity index (χ0v) is 13.1. The van der Waals surface area contributed by atoms with Crippen molar-refractivity contribution in [2.75, 3.05) is 19.8 Å². The summed E-state index contributed by atoms with van der Waals surface area (Å²) in [6.07, 6.45) is 0.308. The first-order chi connectivity index (χ1) is 10.0. The molecule has 0 aliphatic heterocycles. The summed E-state index contributed by atoms with van der Waals surface area (Å²) in [5.41, 5.74) is 0.419. The van der Waals surface area contributed by atoms with Crippen LogP contribution >= 0.6 is 0 Å². The van der Waals surface area contributed by atoms with Gasteiger partial charge in [0.1, 0.15) is 0 Å². The van der Waals surface area contributed by atoms with Gasteiger partial charge in [-0.25, -0.2) is 13.1 Å². The van der Waals surface area contributed by atoms with Gasteiger partial charge in [-0.3, -0.25) is 0 Å². The Bertz CT molecular complexity index is 602. The molecule has 0 spiro atoms. The van der Waals surface area contributed by atoms with Gasteiger partial charge >= 0.3 is 0 Å². The van der Waals surface area contributed by atoms with Crippen molar-refractivity contribution >= 4 is 10.0 Å². The van der Waals surface area contributed by atoms with Crippen LogP contribution < -0.4 is 4.72 Å². The molecule has 0 aliphatic rings. The first-order valence-corrected chi connectivity index (χ1v) is 8.28. The van der Waals surface area contributed by atoms with E-state index in [0.717, 1.165) is 0 Å². The minimum atomic E-state index is -3.65. The fourth-order valence-corrected chi connectivity index (χ4v) is 3.07. The van der Waals surface area contributed by atoms with Crippen LogP contribution in [0.4, 0.5) is 0 Å². The second-order valence-electron chi connectivity index (χ2n) is 4.45. The molecule has 0 aromatic heterocycles. The van der Waals surface area contributed by atoms with Gasteiger partial charge in [-0.1, -0.05) is 24.0 Å². The number of rotatable bonds is 7. The highest BCUT2D eigenvalue weighted by atomic mass is 32.2. The fraction of sp³-hybridized carbons (Fsp3) is 0.467. The minimum absolute atomic E-state index is 0.0500. The largest absolute Gasteiger partial charge is 0.395 e. The molecule has 116 valence electrons. The number of hydrogen-bond acceptors (Lipinski definition) is 4. The predicted molar refractivity (Wildman–Crippen MR) is 81.3 cm³/mol. The van der Waals surface area contributed by atoms with Crippen LogP contribution in [0.5, 0.6) is 0 Å². The summed E-state index contributed by atoms with van der Waals surface area (Å²) in [6, 6.07) is 6.21. The first kappa shape index (κ1) is 17.7. The van der Waals surface area contributed by atoms with E-state index in [-0.39, 0.29) is 17.5 Å². The van der Waals surface area contributed by atoms with E-state index in [1.807, 2.05) is 6.92 Å². The molecule has 0 bridgehead atoms. The monoisotopic (exact) mass is 311 g/mol. The van der Waals surface area contributed by atoms with Crippen LogP contribution in [0.3, 0.4) is 0 Å². The van der Waals surface area contributed by atoms with Crippen LogP contribution in [0.2, 0.25) is 0 Å². The molecule has 0 fully saturated rings. The lowest BCUT2D eigenvalue weighted by Crippen LogP contribution is -2.36. The summed E-state index contributed by atoms with van der Waals surface area (Å²) in [5, 5.41) is 8.73. The van der Waals surface area contributed by atoms with E-state index >= 15 is 0 Å². The lowest BCUT2D eigenvalue weighted by atomic mass is 10.2. The summed E-state index contributed by atoms with van der Waals surface area (Å²) >= 11 is 0. The molecule has 0 aliphatic carbocycles. The molecule has 2 N–H and O–H groups in total. The number of benzene rings is 1. The molecule has 21 heavy (non-hydrogen) atoms. The van der Waals surface area contributed by atoms with Crippen molar-refractivity contribution in [3.63, 3.8) is 0 Å². The summed E-state index contributed by atoms with van der Waals surface area (Å²) < 4.78 is 32.5. The summed E-state index contributed by atoms with van der Waals surface area (Å²) in [7, 11) is -3.65. The number of aliphatic hydroxyl groups excluding tert-OH is 1. The first-order valence-electron chi connectivity index (χ1n) is 6.80. The zero-order valence-electron chi connectivity index (χ0n) is 12.3. The summed E-state index contributed by atoms with van der Waals surface area (Å²) in [5.74, 6) is 5.51. The Hall–Kier alpha value is -1.39. The molecular weight excluding hydrogens is 290 g/mol. The third-order valence-corrected chi connectivity index (χ3v) is 4.21. The van der Waals surface area contributed by atoms with Crippen molar-refractivity contribution in [2.24, 2.45) is 0 Å². The number of hydrogen-bond donors (Lipinski definition) is 2. The van der Waals surface area contributed by atoms with Crippen molar-refractivity contribution in [3.05, 3.63) is 29.8 Å². The van der Waals surface area contributed by atoms with Crippen LogP contribution in [0, 0.1) is 11.8 Å². The molecule has 0 saturated carbocycles. The standard InChI is InChI=1S/C15H21NO4S/c1-3-20-12-13(2)16-21(18,19)15-10-5-4-8-14(15)9-6-7-11-17/h4-5,8,10,13,16-17H,3,7,11-12H2,1-2H3. The minimum Gasteiger partial charge on any atom is -0.395 e. The van der Waals surface area contributed by atoms with E-state index in [9.17, 15) is 8.42 Å². The van der Waals surface area contributed by atoms with E-state index in [1.165, 1.54) is 6.07 Å². The van der Waals surface area contributed by atoms with Crippen molar-refractivity contribution in [1.82, 2.24) is 4.72 Å². The van der Waals surface area contributed by atoms with Crippen molar-refractivity contribution < 1.29 is 18.3 Å². The second-order valence-corrected chi connectivity index (χ2v) is 6.14. The highest BCUT2D eigenvalue weighted by Crippen LogP contribution is 2.14. The average molecular weight is 311 g/mol. The average Bonchev–Trinajstić information content (AvgIpc) is 2.45. The Morgan fingerprint density at radius 2 is 2.10 bits per heavy atom. The Kier molecular flexibility index (Phi) is 7.40. The summed E-state index contributed by atoms with van der Waals surface area (Å²) in [4.78, 5) is 0.138. The van der Waals surface area contributed by atoms with Crippen molar-refractivity contribution in [2.45, 2.75) is 31.2 Å². The second kappa shape index (κ2) is 8.80. The van der Waals surface area contributed by atoms with Crippen molar-refractivity contribution in [3.8, 4) is 11.8 Å². The topological polar surface area (TPSA) is 75.6 Å². The quantitative estimate of drug-likeness (QED) is 0.740. The Labute approximate surface area is 126 Å². The molecule has 1 unspecified atom stereocenters. The lowest BCUT2D eigenvalue weighted by molar-refractivity contribution is 0.133. The molecule has 1 atom stereocenters. The van der Waals surface area contributed by atoms with E-state index in [0.29, 0.717) is 25.2 Å². The molecule has 0 saturated heterocycles. The van der Waals surface area contributed by atoms with Gasteiger partial charge in [0.2, 0.25) is 10.0 Å². The molecule has 1 aromatic rings. The molecule has 1 aromatic carbocycles. The molecule has 5 nitrogen and oxygen atoms in total. The van der Waals surface area contributed by atoms with E-state index in [2.05, 4.69) is 16.6 Å². The normalized spacial score (nSPS) is 12.5. The maximum atomic E-state index is 12.4. The van der Waals surface area contributed by atoms with Crippen molar-refractivity contribution in [1.29, 1.82) is 0 Å². The highest BCUT2D eigenvalue weighted by Gasteiger charge is 2.19. The Morgan fingerprint density at radius 1 is 1.38 bits per heavy atom. The fourth-order valence-electron chi connectivity index (χ4n) is 1.67. The van der Waals surface area contributed by atoms with Crippen LogP contribution in [0.25, 0.3) is 0 Å². The molecule has 0 amide bonds. The van der Waals surface area contributed by atoms with E-state index in [1.54, 1.807) is 25.1 Å². The molecule has 6 heteroatoms. The molecule has 0 radical (unpaired) electrons.